The number of H-pyrrole nitrogens is 1. The van der Waals surface area contributed by atoms with Crippen molar-refractivity contribution < 1.29 is 9.53 Å². The SMILES string of the molecule is COc1ccc(-c2n[nH]c(=S)n2CC(=O)NC(c2ccccc2)C2CC2C)cc1. The van der Waals surface area contributed by atoms with Gasteiger partial charge < -0.3 is 10.1 Å². The third-order valence-corrected chi connectivity index (χ3v) is 5.79. The van der Waals surface area contributed by atoms with Crippen LogP contribution in [0.1, 0.15) is 24.9 Å². The van der Waals surface area contributed by atoms with E-state index in [1.54, 1.807) is 11.7 Å². The molecule has 4 rings (SSSR count). The number of hydrogen-bond donors (Lipinski definition) is 2. The third-order valence-electron chi connectivity index (χ3n) is 5.48. The van der Waals surface area contributed by atoms with Crippen LogP contribution in [0.25, 0.3) is 11.4 Å². The van der Waals surface area contributed by atoms with E-state index in [1.165, 1.54) is 0 Å². The first-order chi connectivity index (χ1) is 14.1. The van der Waals surface area contributed by atoms with Crippen molar-refractivity contribution in [1.82, 2.24) is 20.1 Å². The van der Waals surface area contributed by atoms with E-state index in [1.807, 2.05) is 42.5 Å². The Morgan fingerprint density at radius 3 is 2.59 bits per heavy atom. The number of aromatic nitrogens is 3. The Morgan fingerprint density at radius 2 is 1.97 bits per heavy atom. The highest BCUT2D eigenvalue weighted by Crippen LogP contribution is 2.46. The first-order valence-electron chi connectivity index (χ1n) is 9.70. The lowest BCUT2D eigenvalue weighted by Gasteiger charge is -2.20. The molecule has 3 unspecified atom stereocenters. The fourth-order valence-corrected chi connectivity index (χ4v) is 3.90. The Morgan fingerprint density at radius 1 is 1.28 bits per heavy atom. The highest BCUT2D eigenvalue weighted by molar-refractivity contribution is 7.71. The summed E-state index contributed by atoms with van der Waals surface area (Å²) in [6.45, 7) is 2.34. The molecule has 1 aliphatic rings. The maximum Gasteiger partial charge on any atom is 0.240 e. The van der Waals surface area contributed by atoms with Crippen LogP contribution in [0.15, 0.2) is 54.6 Å². The lowest BCUT2D eigenvalue weighted by Crippen LogP contribution is -2.33. The number of carbonyl (C=O) groups is 1. The molecule has 1 saturated carbocycles. The number of benzene rings is 2. The maximum atomic E-state index is 12.9. The molecular weight excluding hydrogens is 384 g/mol. The molecule has 2 aromatic carbocycles. The van der Waals surface area contributed by atoms with E-state index in [2.05, 4.69) is 34.6 Å². The molecule has 0 bridgehead atoms. The second-order valence-corrected chi connectivity index (χ2v) is 7.89. The topological polar surface area (TPSA) is 71.9 Å². The van der Waals surface area contributed by atoms with Gasteiger partial charge in [0.15, 0.2) is 10.6 Å². The van der Waals surface area contributed by atoms with Gasteiger partial charge in [-0.25, -0.2) is 0 Å². The van der Waals surface area contributed by atoms with Crippen LogP contribution in [0.4, 0.5) is 0 Å². The zero-order chi connectivity index (χ0) is 20.4. The Hall–Kier alpha value is -2.93. The van der Waals surface area contributed by atoms with Crippen molar-refractivity contribution >= 4 is 18.1 Å². The first-order valence-corrected chi connectivity index (χ1v) is 10.1. The predicted octanol–water partition coefficient (Wildman–Crippen LogP) is 4.13. The number of nitrogens with one attached hydrogen (secondary N) is 2. The van der Waals surface area contributed by atoms with Crippen LogP contribution in [0, 0.1) is 16.6 Å². The van der Waals surface area contributed by atoms with Crippen molar-refractivity contribution in [2.45, 2.75) is 25.9 Å². The van der Waals surface area contributed by atoms with Gasteiger partial charge in [-0.1, -0.05) is 37.3 Å². The third kappa shape index (κ3) is 4.24. The number of ether oxygens (including phenoxy) is 1. The van der Waals surface area contributed by atoms with Crippen LogP contribution in [-0.4, -0.2) is 27.8 Å². The highest BCUT2D eigenvalue weighted by Gasteiger charge is 2.40. The lowest BCUT2D eigenvalue weighted by molar-refractivity contribution is -0.122. The lowest BCUT2D eigenvalue weighted by atomic mass is 10.0. The van der Waals surface area contributed by atoms with Gasteiger partial charge in [-0.15, -0.1) is 0 Å². The number of rotatable bonds is 7. The first kappa shape index (κ1) is 19.4. The number of aromatic amines is 1. The molecule has 29 heavy (non-hydrogen) atoms. The standard InChI is InChI=1S/C22H24N4O2S/c1-14-12-18(14)20(15-6-4-3-5-7-15)23-19(27)13-26-21(24-25-22(26)29)16-8-10-17(28-2)11-9-16/h3-11,14,18,20H,12-13H2,1-2H3,(H,23,27)(H,25,29). The Kier molecular flexibility index (Phi) is 5.49. The second kappa shape index (κ2) is 8.21. The van der Waals surface area contributed by atoms with E-state index in [-0.39, 0.29) is 18.5 Å². The Bertz CT molecular complexity index is 1040. The van der Waals surface area contributed by atoms with Gasteiger partial charge in [0, 0.05) is 5.56 Å². The minimum absolute atomic E-state index is 0.0178. The van der Waals surface area contributed by atoms with E-state index in [4.69, 9.17) is 17.0 Å². The van der Waals surface area contributed by atoms with Gasteiger partial charge >= 0.3 is 0 Å². The molecule has 7 heteroatoms. The minimum Gasteiger partial charge on any atom is -0.497 e. The summed E-state index contributed by atoms with van der Waals surface area (Å²) in [6.07, 6.45) is 1.13. The summed E-state index contributed by atoms with van der Waals surface area (Å²) in [5.74, 6) is 2.40. The van der Waals surface area contributed by atoms with E-state index >= 15 is 0 Å². The number of amides is 1. The van der Waals surface area contributed by atoms with Crippen LogP contribution < -0.4 is 10.1 Å². The van der Waals surface area contributed by atoms with Crippen LogP contribution in [0.5, 0.6) is 5.75 Å². The molecule has 0 aliphatic heterocycles. The van der Waals surface area contributed by atoms with Crippen molar-refractivity contribution in [3.8, 4) is 17.1 Å². The van der Waals surface area contributed by atoms with Gasteiger partial charge in [0.2, 0.25) is 5.91 Å². The predicted molar refractivity (Wildman–Crippen MR) is 114 cm³/mol. The molecule has 2 N–H and O–H groups in total. The molecule has 3 aromatic rings. The molecule has 1 aliphatic carbocycles. The number of hydrogen-bond acceptors (Lipinski definition) is 4. The largest absolute Gasteiger partial charge is 0.497 e. The molecule has 1 heterocycles. The van der Waals surface area contributed by atoms with E-state index in [9.17, 15) is 4.79 Å². The summed E-state index contributed by atoms with van der Waals surface area (Å²) in [4.78, 5) is 12.9. The maximum absolute atomic E-state index is 12.9. The van der Waals surface area contributed by atoms with Crippen molar-refractivity contribution in [2.75, 3.05) is 7.11 Å². The fourth-order valence-electron chi connectivity index (χ4n) is 3.70. The quantitative estimate of drug-likeness (QED) is 0.577. The molecule has 0 spiro atoms. The molecular formula is C22H24N4O2S. The second-order valence-electron chi connectivity index (χ2n) is 7.50. The fraction of sp³-hybridized carbons (Fsp3) is 0.318. The zero-order valence-corrected chi connectivity index (χ0v) is 17.3. The van der Waals surface area contributed by atoms with Gasteiger partial charge in [-0.3, -0.25) is 14.5 Å². The summed E-state index contributed by atoms with van der Waals surface area (Å²) >= 11 is 5.37. The summed E-state index contributed by atoms with van der Waals surface area (Å²) in [5, 5.41) is 10.3. The van der Waals surface area contributed by atoms with E-state index in [0.29, 0.717) is 22.4 Å². The number of nitrogens with zero attached hydrogens (tertiary/aromatic N) is 2. The molecule has 6 nitrogen and oxygen atoms in total. The molecule has 0 radical (unpaired) electrons. The Labute approximate surface area is 174 Å². The molecule has 1 amide bonds. The molecule has 150 valence electrons. The molecule has 0 saturated heterocycles. The molecule has 3 atom stereocenters. The monoisotopic (exact) mass is 408 g/mol. The summed E-state index contributed by atoms with van der Waals surface area (Å²) in [5.41, 5.74) is 2.00. The Balaban J connectivity index is 1.54. The van der Waals surface area contributed by atoms with Gasteiger partial charge in [0.05, 0.1) is 13.2 Å². The van der Waals surface area contributed by atoms with Gasteiger partial charge in [-0.2, -0.15) is 5.10 Å². The summed E-state index contributed by atoms with van der Waals surface area (Å²) < 4.78 is 7.35. The average molecular weight is 409 g/mol. The summed E-state index contributed by atoms with van der Waals surface area (Å²) in [7, 11) is 1.62. The van der Waals surface area contributed by atoms with Crippen LogP contribution in [-0.2, 0) is 11.3 Å². The van der Waals surface area contributed by atoms with Gasteiger partial charge in [-0.05, 0) is 60.3 Å². The van der Waals surface area contributed by atoms with Crippen molar-refractivity contribution in [3.05, 3.63) is 64.9 Å². The van der Waals surface area contributed by atoms with Crippen LogP contribution in [0.2, 0.25) is 0 Å². The smallest absolute Gasteiger partial charge is 0.240 e. The van der Waals surface area contributed by atoms with Crippen molar-refractivity contribution in [1.29, 1.82) is 0 Å². The van der Waals surface area contributed by atoms with Crippen LogP contribution in [0.3, 0.4) is 0 Å². The van der Waals surface area contributed by atoms with Gasteiger partial charge in [0.25, 0.3) is 0 Å². The summed E-state index contributed by atoms with van der Waals surface area (Å²) in [6, 6.07) is 17.7. The molecule has 1 fully saturated rings. The van der Waals surface area contributed by atoms with Gasteiger partial charge in [0.1, 0.15) is 12.3 Å². The van der Waals surface area contributed by atoms with Crippen LogP contribution >= 0.6 is 12.2 Å². The average Bonchev–Trinajstić information content (AvgIpc) is 3.37. The number of carbonyl (C=O) groups excluding carboxylic acids is 1. The van der Waals surface area contributed by atoms with E-state index < -0.39 is 0 Å². The molecule has 1 aromatic heterocycles. The normalized spacial score (nSPS) is 18.8. The highest BCUT2D eigenvalue weighted by atomic mass is 32.1. The number of methoxy groups -OCH3 is 1. The van der Waals surface area contributed by atoms with Crippen molar-refractivity contribution in [2.24, 2.45) is 11.8 Å². The minimum atomic E-state index is -0.0785. The van der Waals surface area contributed by atoms with Crippen molar-refractivity contribution in [3.63, 3.8) is 0 Å². The van der Waals surface area contributed by atoms with E-state index in [0.717, 1.165) is 23.3 Å². The zero-order valence-electron chi connectivity index (χ0n) is 16.5.